The SMILES string of the molecule is CC(C)CC(NC(=O)C(C)c1ccc(C(=O)C(C)C)cc1)C(=O)O. The number of nitrogens with one attached hydrogen (secondary N) is 1. The van der Waals surface area contributed by atoms with Crippen molar-refractivity contribution in [3.8, 4) is 0 Å². The summed E-state index contributed by atoms with van der Waals surface area (Å²) in [4.78, 5) is 35.5. The Kier molecular flexibility index (Phi) is 7.14. The maximum atomic E-state index is 12.3. The van der Waals surface area contributed by atoms with Crippen molar-refractivity contribution in [1.82, 2.24) is 5.32 Å². The molecule has 2 N–H and O–H groups in total. The number of Topliss-reactive ketones (excluding diaryl/α,β-unsaturated/α-hetero) is 1. The van der Waals surface area contributed by atoms with Gasteiger partial charge in [0.1, 0.15) is 6.04 Å². The van der Waals surface area contributed by atoms with E-state index < -0.39 is 17.9 Å². The molecule has 0 radical (unpaired) electrons. The maximum absolute atomic E-state index is 12.3. The van der Waals surface area contributed by atoms with Gasteiger partial charge in [-0.25, -0.2) is 4.79 Å². The van der Waals surface area contributed by atoms with Crippen molar-refractivity contribution in [2.75, 3.05) is 0 Å². The molecule has 5 heteroatoms. The highest BCUT2D eigenvalue weighted by molar-refractivity contribution is 5.97. The molecule has 1 aromatic rings. The zero-order valence-corrected chi connectivity index (χ0v) is 15.0. The maximum Gasteiger partial charge on any atom is 0.326 e. The summed E-state index contributed by atoms with van der Waals surface area (Å²) in [5, 5.41) is 11.8. The van der Waals surface area contributed by atoms with Gasteiger partial charge in [0.15, 0.2) is 5.78 Å². The number of rotatable bonds is 8. The van der Waals surface area contributed by atoms with Crippen LogP contribution in [0, 0.1) is 11.8 Å². The predicted octanol–water partition coefficient (Wildman–Crippen LogP) is 3.24. The van der Waals surface area contributed by atoms with Crippen molar-refractivity contribution in [3.05, 3.63) is 35.4 Å². The first-order chi connectivity index (χ1) is 11.1. The highest BCUT2D eigenvalue weighted by atomic mass is 16.4. The first-order valence-electron chi connectivity index (χ1n) is 8.30. The van der Waals surface area contributed by atoms with E-state index in [1.54, 1.807) is 31.2 Å². The first-order valence-corrected chi connectivity index (χ1v) is 8.30. The molecule has 132 valence electrons. The molecule has 1 aromatic carbocycles. The monoisotopic (exact) mass is 333 g/mol. The van der Waals surface area contributed by atoms with Crippen molar-refractivity contribution in [2.24, 2.45) is 11.8 Å². The van der Waals surface area contributed by atoms with E-state index in [1.807, 2.05) is 27.7 Å². The van der Waals surface area contributed by atoms with Crippen molar-refractivity contribution in [2.45, 2.75) is 53.0 Å². The normalized spacial score (nSPS) is 13.6. The molecule has 0 bridgehead atoms. The Morgan fingerprint density at radius 2 is 1.54 bits per heavy atom. The lowest BCUT2D eigenvalue weighted by Crippen LogP contribution is -2.43. The van der Waals surface area contributed by atoms with E-state index in [9.17, 15) is 19.5 Å². The van der Waals surface area contributed by atoms with Crippen molar-refractivity contribution in [3.63, 3.8) is 0 Å². The van der Waals surface area contributed by atoms with Crippen LogP contribution in [0.1, 0.15) is 62.9 Å². The van der Waals surface area contributed by atoms with E-state index in [-0.39, 0.29) is 23.5 Å². The van der Waals surface area contributed by atoms with Crippen LogP contribution in [0.5, 0.6) is 0 Å². The standard InChI is InChI=1S/C19H27NO4/c1-11(2)10-16(19(23)24)20-18(22)13(5)14-6-8-15(9-7-14)17(21)12(3)4/h6-9,11-13,16H,10H2,1-5H3,(H,20,22)(H,23,24). The van der Waals surface area contributed by atoms with Crippen molar-refractivity contribution in [1.29, 1.82) is 0 Å². The van der Waals surface area contributed by atoms with Gasteiger partial charge in [0.25, 0.3) is 0 Å². The first kappa shape index (κ1) is 19.9. The number of ketones is 1. The zero-order valence-electron chi connectivity index (χ0n) is 15.0. The fourth-order valence-corrected chi connectivity index (χ4v) is 2.41. The molecule has 0 aromatic heterocycles. The second-order valence-electron chi connectivity index (χ2n) is 6.89. The summed E-state index contributed by atoms with van der Waals surface area (Å²) >= 11 is 0. The Balaban J connectivity index is 2.81. The smallest absolute Gasteiger partial charge is 0.326 e. The number of aliphatic carboxylic acids is 1. The third kappa shape index (κ3) is 5.48. The Morgan fingerprint density at radius 1 is 1.00 bits per heavy atom. The minimum absolute atomic E-state index is 0.0570. The number of carboxylic acid groups (broad SMARTS) is 1. The molecule has 0 spiro atoms. The van der Waals surface area contributed by atoms with Crippen molar-refractivity contribution >= 4 is 17.7 Å². The summed E-state index contributed by atoms with van der Waals surface area (Å²) in [6, 6.07) is 6.03. The van der Waals surface area contributed by atoms with Crippen LogP contribution < -0.4 is 5.32 Å². The van der Waals surface area contributed by atoms with Crippen LogP contribution in [0.4, 0.5) is 0 Å². The Morgan fingerprint density at radius 3 is 1.96 bits per heavy atom. The number of hydrogen-bond acceptors (Lipinski definition) is 3. The van der Waals surface area contributed by atoms with Gasteiger partial charge in [-0.05, 0) is 24.8 Å². The molecule has 0 saturated heterocycles. The molecule has 24 heavy (non-hydrogen) atoms. The van der Waals surface area contributed by atoms with Crippen LogP contribution in [0.3, 0.4) is 0 Å². The Hall–Kier alpha value is -2.17. The average molecular weight is 333 g/mol. The molecule has 0 heterocycles. The van der Waals surface area contributed by atoms with E-state index >= 15 is 0 Å². The topological polar surface area (TPSA) is 83.5 Å². The van der Waals surface area contributed by atoms with Crippen LogP contribution >= 0.6 is 0 Å². The van der Waals surface area contributed by atoms with Gasteiger partial charge in [0, 0.05) is 11.5 Å². The van der Waals surface area contributed by atoms with E-state index in [2.05, 4.69) is 5.32 Å². The highest BCUT2D eigenvalue weighted by Crippen LogP contribution is 2.18. The average Bonchev–Trinajstić information content (AvgIpc) is 2.52. The molecule has 0 fully saturated rings. The van der Waals surface area contributed by atoms with Gasteiger partial charge in [-0.3, -0.25) is 9.59 Å². The second kappa shape index (κ2) is 8.62. The highest BCUT2D eigenvalue weighted by Gasteiger charge is 2.24. The van der Waals surface area contributed by atoms with E-state index in [1.165, 1.54) is 0 Å². The molecular weight excluding hydrogens is 306 g/mol. The fraction of sp³-hybridized carbons (Fsp3) is 0.526. The van der Waals surface area contributed by atoms with E-state index in [0.717, 1.165) is 5.56 Å². The largest absolute Gasteiger partial charge is 0.480 e. The minimum atomic E-state index is -1.03. The summed E-state index contributed by atoms with van der Waals surface area (Å²) in [6.07, 6.45) is 0.385. The molecular formula is C19H27NO4. The number of carbonyl (C=O) groups is 3. The predicted molar refractivity (Wildman–Crippen MR) is 93.0 cm³/mol. The molecule has 1 rings (SSSR count). The summed E-state index contributed by atoms with van der Waals surface area (Å²) in [6.45, 7) is 9.23. The molecule has 0 aliphatic carbocycles. The summed E-state index contributed by atoms with van der Waals surface area (Å²) in [7, 11) is 0. The van der Waals surface area contributed by atoms with Gasteiger partial charge in [-0.1, -0.05) is 52.0 Å². The molecule has 2 atom stereocenters. The third-order valence-corrected chi connectivity index (χ3v) is 3.93. The van der Waals surface area contributed by atoms with Crippen LogP contribution in [0.2, 0.25) is 0 Å². The number of benzene rings is 1. The quantitative estimate of drug-likeness (QED) is 0.715. The Bertz CT molecular complexity index is 590. The van der Waals surface area contributed by atoms with Gasteiger partial charge in [-0.15, -0.1) is 0 Å². The van der Waals surface area contributed by atoms with Crippen LogP contribution in [0.25, 0.3) is 0 Å². The van der Waals surface area contributed by atoms with Gasteiger partial charge in [-0.2, -0.15) is 0 Å². The van der Waals surface area contributed by atoms with Gasteiger partial charge in [0.05, 0.1) is 5.92 Å². The van der Waals surface area contributed by atoms with Gasteiger partial charge >= 0.3 is 5.97 Å². The van der Waals surface area contributed by atoms with Gasteiger partial charge in [0.2, 0.25) is 5.91 Å². The molecule has 5 nitrogen and oxygen atoms in total. The molecule has 0 aliphatic rings. The zero-order chi connectivity index (χ0) is 18.4. The van der Waals surface area contributed by atoms with Crippen LogP contribution in [-0.2, 0) is 9.59 Å². The molecule has 0 saturated carbocycles. The van der Waals surface area contributed by atoms with Gasteiger partial charge < -0.3 is 10.4 Å². The van der Waals surface area contributed by atoms with E-state index in [0.29, 0.717) is 12.0 Å². The lowest BCUT2D eigenvalue weighted by Gasteiger charge is -2.19. The number of amides is 1. The minimum Gasteiger partial charge on any atom is -0.480 e. The van der Waals surface area contributed by atoms with E-state index in [4.69, 9.17) is 0 Å². The lowest BCUT2D eigenvalue weighted by molar-refractivity contribution is -0.142. The molecule has 2 unspecified atom stereocenters. The summed E-state index contributed by atoms with van der Waals surface area (Å²) < 4.78 is 0. The third-order valence-electron chi connectivity index (χ3n) is 3.93. The van der Waals surface area contributed by atoms with Crippen molar-refractivity contribution < 1.29 is 19.5 Å². The van der Waals surface area contributed by atoms with Crippen LogP contribution in [-0.4, -0.2) is 28.8 Å². The molecule has 0 aliphatic heterocycles. The molecule has 1 amide bonds. The second-order valence-corrected chi connectivity index (χ2v) is 6.89. The Labute approximate surface area is 143 Å². The summed E-state index contributed by atoms with van der Waals surface area (Å²) in [5.41, 5.74) is 1.37. The number of hydrogen-bond donors (Lipinski definition) is 2. The summed E-state index contributed by atoms with van der Waals surface area (Å²) in [5.74, 6) is -1.69. The number of carboxylic acids is 1. The lowest BCUT2D eigenvalue weighted by atomic mass is 9.95. The fourth-order valence-electron chi connectivity index (χ4n) is 2.41. The number of carbonyl (C=O) groups excluding carboxylic acids is 2. The van der Waals surface area contributed by atoms with Crippen LogP contribution in [0.15, 0.2) is 24.3 Å².